The summed E-state index contributed by atoms with van der Waals surface area (Å²) in [5.41, 5.74) is 8.55. The summed E-state index contributed by atoms with van der Waals surface area (Å²) in [6, 6.07) is 30.5. The van der Waals surface area contributed by atoms with E-state index in [0.29, 0.717) is 0 Å². The second-order valence-electron chi connectivity index (χ2n) is 9.53. The highest BCUT2D eigenvalue weighted by Crippen LogP contribution is 2.30. The zero-order chi connectivity index (χ0) is 24.3. The normalized spacial score (nSPS) is 15.8. The van der Waals surface area contributed by atoms with E-state index in [1.807, 2.05) is 0 Å². The van der Waals surface area contributed by atoms with Crippen molar-refractivity contribution < 1.29 is 4.24 Å². The maximum Gasteiger partial charge on any atom is 0.294 e. The Labute approximate surface area is 212 Å². The van der Waals surface area contributed by atoms with Crippen LogP contribution < -0.4 is 9.73 Å². The maximum atomic E-state index is 5.04. The first-order valence-corrected chi connectivity index (χ1v) is 12.5. The lowest BCUT2D eigenvalue weighted by Gasteiger charge is -2.08. The zero-order valence-electron chi connectivity index (χ0n) is 19.9. The lowest BCUT2D eigenvalue weighted by molar-refractivity contribution is -0.503. The molecule has 4 heteroatoms. The van der Waals surface area contributed by atoms with E-state index in [1.165, 1.54) is 27.5 Å². The van der Waals surface area contributed by atoms with Crippen LogP contribution in [-0.2, 0) is 0 Å². The van der Waals surface area contributed by atoms with Crippen molar-refractivity contribution in [2.24, 2.45) is 4.99 Å². The van der Waals surface area contributed by atoms with E-state index in [2.05, 4.69) is 113 Å². The first kappa shape index (κ1) is 20.3. The molecular weight excluding hydrogens is 452 g/mol. The van der Waals surface area contributed by atoms with Crippen molar-refractivity contribution in [3.63, 3.8) is 0 Å². The Morgan fingerprint density at radius 1 is 0.622 bits per heavy atom. The Balaban J connectivity index is 1.28. The molecule has 4 nitrogen and oxygen atoms in total. The predicted molar refractivity (Wildman–Crippen MR) is 147 cm³/mol. The number of nitrogens with zero attached hydrogens (tertiary/aromatic N) is 4. The molecule has 0 saturated heterocycles. The second-order valence-corrected chi connectivity index (χ2v) is 9.53. The topological polar surface area (TPSA) is 44.0 Å². The molecule has 0 amide bonds. The Hall–Kier alpha value is -4.96. The highest BCUT2D eigenvalue weighted by Gasteiger charge is 2.28. The third-order valence-corrected chi connectivity index (χ3v) is 7.41. The Bertz CT molecular complexity index is 2090. The standard InChI is InChI=1S/C33H21N4/c1-2-6-24-19-25(14-13-21(24)5-1)22-9-11-23(12-10-22)26-15-16-27-28(20-26)31-33(35-18-17-34-31)37-30-8-4-3-7-29(30)36-32(27)37/h1-20,29H/q+1. The van der Waals surface area contributed by atoms with Crippen molar-refractivity contribution in [2.75, 3.05) is 0 Å². The molecule has 3 heterocycles. The van der Waals surface area contributed by atoms with E-state index in [0.717, 1.165) is 38.7 Å². The Morgan fingerprint density at radius 3 is 2.22 bits per heavy atom. The van der Waals surface area contributed by atoms with Crippen LogP contribution in [0, 0.1) is 5.71 Å². The highest BCUT2D eigenvalue weighted by atomic mass is 15.1. The number of rotatable bonds is 2. The smallest absolute Gasteiger partial charge is 0.246 e. The minimum absolute atomic E-state index is 0.0168. The summed E-state index contributed by atoms with van der Waals surface area (Å²) in [5, 5.41) is 4.68. The number of pyridine rings is 1. The van der Waals surface area contributed by atoms with Crippen LogP contribution in [0.4, 0.5) is 0 Å². The fraction of sp³-hybridized carbons (Fsp3) is 0.0303. The van der Waals surface area contributed by atoms with Crippen LogP contribution in [0.1, 0.15) is 0 Å². The van der Waals surface area contributed by atoms with Crippen LogP contribution in [0.5, 0.6) is 0 Å². The third kappa shape index (κ3) is 3.09. The molecule has 6 aromatic rings. The van der Waals surface area contributed by atoms with Crippen molar-refractivity contribution in [1.82, 2.24) is 9.97 Å². The first-order chi connectivity index (χ1) is 18.3. The molecule has 1 aliphatic heterocycles. The summed E-state index contributed by atoms with van der Waals surface area (Å²) in [5.74, 6) is 0. The van der Waals surface area contributed by atoms with Crippen LogP contribution in [0.15, 0.2) is 127 Å². The van der Waals surface area contributed by atoms with E-state index in [9.17, 15) is 0 Å². The zero-order valence-corrected chi connectivity index (χ0v) is 19.9. The minimum atomic E-state index is 0.0168. The monoisotopic (exact) mass is 473 g/mol. The fourth-order valence-corrected chi connectivity index (χ4v) is 5.58. The molecule has 0 fully saturated rings. The number of hydrogen-bond donors (Lipinski definition) is 0. The largest absolute Gasteiger partial charge is 0.294 e. The number of hydrogen-bond acceptors (Lipinski definition) is 3. The van der Waals surface area contributed by atoms with Gasteiger partial charge in [0.2, 0.25) is 0 Å². The second kappa shape index (κ2) is 7.77. The van der Waals surface area contributed by atoms with Crippen molar-refractivity contribution >= 4 is 32.7 Å². The summed E-state index contributed by atoms with van der Waals surface area (Å²) in [7, 11) is 0. The summed E-state index contributed by atoms with van der Waals surface area (Å²) in [4.78, 5) is 14.5. The molecule has 2 aromatic heterocycles. The van der Waals surface area contributed by atoms with Crippen LogP contribution in [0.3, 0.4) is 0 Å². The number of benzene rings is 4. The van der Waals surface area contributed by atoms with Crippen molar-refractivity contribution in [1.29, 1.82) is 0 Å². The van der Waals surface area contributed by atoms with Gasteiger partial charge in [-0.3, -0.25) is 0 Å². The molecule has 0 saturated carbocycles. The SMILES string of the molecule is C1=CC2=[n+]3c(c4ccc(-c5ccc(-c6ccc7ccccc7c6)cc5)cc4c4nccnc43)=NC2C=C1. The molecule has 0 N–H and O–H groups in total. The molecule has 1 unspecified atom stereocenters. The summed E-state index contributed by atoms with van der Waals surface area (Å²) >= 11 is 0. The van der Waals surface area contributed by atoms with Crippen molar-refractivity contribution in [3.8, 4) is 22.3 Å². The van der Waals surface area contributed by atoms with E-state index in [-0.39, 0.29) is 6.04 Å². The van der Waals surface area contributed by atoms with Gasteiger partial charge in [0.1, 0.15) is 17.4 Å². The number of aromatic nitrogens is 3. The van der Waals surface area contributed by atoms with Gasteiger partial charge in [0.05, 0.1) is 11.6 Å². The summed E-state index contributed by atoms with van der Waals surface area (Å²) < 4.78 is 2.16. The van der Waals surface area contributed by atoms with E-state index < -0.39 is 0 Å². The van der Waals surface area contributed by atoms with Crippen molar-refractivity contribution in [2.45, 2.75) is 6.04 Å². The molecule has 0 radical (unpaired) electrons. The Kier molecular flexibility index (Phi) is 4.25. The van der Waals surface area contributed by atoms with Gasteiger partial charge in [-0.25, -0.2) is 4.98 Å². The first-order valence-electron chi connectivity index (χ1n) is 12.5. The molecule has 0 bridgehead atoms. The van der Waals surface area contributed by atoms with Crippen molar-refractivity contribution in [3.05, 3.63) is 133 Å². The molecule has 0 spiro atoms. The molecule has 1 aliphatic carbocycles. The van der Waals surface area contributed by atoms with Gasteiger partial charge in [-0.15, -0.1) is 9.98 Å². The van der Waals surface area contributed by atoms with E-state index in [1.54, 1.807) is 12.4 Å². The van der Waals surface area contributed by atoms with Gasteiger partial charge in [0.25, 0.3) is 11.1 Å². The van der Waals surface area contributed by atoms with E-state index >= 15 is 0 Å². The van der Waals surface area contributed by atoms with Crippen LogP contribution in [-0.4, -0.2) is 16.0 Å². The van der Waals surface area contributed by atoms with Gasteiger partial charge >= 0.3 is 0 Å². The van der Waals surface area contributed by atoms with Gasteiger partial charge in [0, 0.05) is 5.39 Å². The fourth-order valence-electron chi connectivity index (χ4n) is 5.58. The molecule has 172 valence electrons. The van der Waals surface area contributed by atoms with Gasteiger partial charge in [-0.05, 0) is 63.4 Å². The molecule has 8 rings (SSSR count). The predicted octanol–water partition coefficient (Wildman–Crippen LogP) is 6.07. The minimum Gasteiger partial charge on any atom is -0.246 e. The molecule has 37 heavy (non-hydrogen) atoms. The lowest BCUT2D eigenvalue weighted by Crippen LogP contribution is -2.39. The molecule has 4 aromatic carbocycles. The summed E-state index contributed by atoms with van der Waals surface area (Å²) in [6.45, 7) is 0. The molecular formula is C33H21N4+. The van der Waals surface area contributed by atoms with Gasteiger partial charge in [-0.2, -0.15) is 4.24 Å². The van der Waals surface area contributed by atoms with Gasteiger partial charge in [0.15, 0.2) is 6.04 Å². The maximum absolute atomic E-state index is 5.04. The average Bonchev–Trinajstić information content (AvgIpc) is 3.37. The van der Waals surface area contributed by atoms with Crippen LogP contribution >= 0.6 is 0 Å². The number of allylic oxidation sites excluding steroid dienone is 2. The van der Waals surface area contributed by atoms with Crippen LogP contribution in [0.2, 0.25) is 0 Å². The van der Waals surface area contributed by atoms with Gasteiger partial charge < -0.3 is 0 Å². The average molecular weight is 474 g/mol. The highest BCUT2D eigenvalue weighted by molar-refractivity contribution is 6.02. The summed E-state index contributed by atoms with van der Waals surface area (Å²) in [6.07, 6.45) is 11.9. The quantitative estimate of drug-likeness (QED) is 0.226. The lowest BCUT2D eigenvalue weighted by atomic mass is 9.97. The Morgan fingerprint density at radius 2 is 1.35 bits per heavy atom. The van der Waals surface area contributed by atoms with Gasteiger partial charge in [-0.1, -0.05) is 78.9 Å². The van der Waals surface area contributed by atoms with E-state index in [4.69, 9.17) is 15.0 Å². The number of fused-ring (bicyclic) bond motifs is 8. The molecule has 1 atom stereocenters. The molecule has 2 aliphatic rings. The van der Waals surface area contributed by atoms with Crippen LogP contribution in [0.25, 0.3) is 55.0 Å². The third-order valence-electron chi connectivity index (χ3n) is 7.41.